The molecular formula is C27H22FN5O3. The largest absolute Gasteiger partial charge is 0.504 e. The Labute approximate surface area is 205 Å². The van der Waals surface area contributed by atoms with Crippen LogP contribution in [0, 0.1) is 16.6 Å². The second-order valence-electron chi connectivity index (χ2n) is 8.54. The molecule has 180 valence electrons. The van der Waals surface area contributed by atoms with Crippen molar-refractivity contribution in [1.82, 2.24) is 15.3 Å². The van der Waals surface area contributed by atoms with Crippen LogP contribution in [0.15, 0.2) is 66.9 Å². The molecule has 0 unspecified atom stereocenters. The SMILES string of the molecule is N=C(Cc1ccc(F)cc1)OC(=N)c1nc(-c2ccc(C(=O)NC3CC3)cc2)c2cccnc2c1O. The molecule has 5 rings (SSSR count). The Balaban J connectivity index is 1.44. The zero-order valence-corrected chi connectivity index (χ0v) is 19.1. The fraction of sp³-hybridized carbons (Fsp3) is 0.148. The molecule has 0 aliphatic heterocycles. The maximum absolute atomic E-state index is 13.1. The van der Waals surface area contributed by atoms with E-state index in [0.29, 0.717) is 27.8 Å². The third-order valence-corrected chi connectivity index (χ3v) is 5.79. The number of amides is 1. The van der Waals surface area contributed by atoms with Gasteiger partial charge in [-0.05, 0) is 54.8 Å². The van der Waals surface area contributed by atoms with Gasteiger partial charge in [0.25, 0.3) is 5.91 Å². The van der Waals surface area contributed by atoms with Gasteiger partial charge in [0.2, 0.25) is 5.90 Å². The highest BCUT2D eigenvalue weighted by Crippen LogP contribution is 2.34. The molecular weight excluding hydrogens is 461 g/mol. The molecule has 4 N–H and O–H groups in total. The molecule has 0 bridgehead atoms. The second kappa shape index (κ2) is 9.53. The number of nitrogens with zero attached hydrogens (tertiary/aromatic N) is 2. The Morgan fingerprint density at radius 3 is 2.50 bits per heavy atom. The number of rotatable bonds is 6. The highest BCUT2D eigenvalue weighted by molar-refractivity contribution is 6.06. The van der Waals surface area contributed by atoms with Crippen LogP contribution in [-0.4, -0.2) is 38.8 Å². The summed E-state index contributed by atoms with van der Waals surface area (Å²) in [7, 11) is 0. The number of ether oxygens (including phenoxy) is 1. The fourth-order valence-corrected chi connectivity index (χ4v) is 3.77. The van der Waals surface area contributed by atoms with Gasteiger partial charge in [0.1, 0.15) is 11.3 Å². The first-order valence-electron chi connectivity index (χ1n) is 11.4. The van der Waals surface area contributed by atoms with Gasteiger partial charge in [-0.2, -0.15) is 0 Å². The van der Waals surface area contributed by atoms with E-state index in [2.05, 4.69) is 15.3 Å². The number of carbonyl (C=O) groups excluding carboxylic acids is 1. The summed E-state index contributed by atoms with van der Waals surface area (Å²) in [6.45, 7) is 0. The third-order valence-electron chi connectivity index (χ3n) is 5.79. The predicted molar refractivity (Wildman–Crippen MR) is 133 cm³/mol. The summed E-state index contributed by atoms with van der Waals surface area (Å²) < 4.78 is 18.5. The molecule has 1 amide bonds. The van der Waals surface area contributed by atoms with Crippen LogP contribution in [0.3, 0.4) is 0 Å². The van der Waals surface area contributed by atoms with Gasteiger partial charge in [-0.25, -0.2) is 9.37 Å². The normalized spacial score (nSPS) is 12.8. The zero-order valence-electron chi connectivity index (χ0n) is 19.1. The van der Waals surface area contributed by atoms with Gasteiger partial charge in [0, 0.05) is 35.2 Å². The topological polar surface area (TPSA) is 132 Å². The van der Waals surface area contributed by atoms with Crippen molar-refractivity contribution in [3.63, 3.8) is 0 Å². The molecule has 1 saturated carbocycles. The van der Waals surface area contributed by atoms with E-state index in [-0.39, 0.29) is 47.0 Å². The van der Waals surface area contributed by atoms with Crippen molar-refractivity contribution in [2.24, 2.45) is 0 Å². The number of aromatic hydroxyl groups is 1. The van der Waals surface area contributed by atoms with E-state index in [4.69, 9.17) is 15.6 Å². The van der Waals surface area contributed by atoms with E-state index in [9.17, 15) is 14.3 Å². The van der Waals surface area contributed by atoms with E-state index < -0.39 is 5.90 Å². The molecule has 1 aliphatic rings. The molecule has 0 spiro atoms. The smallest absolute Gasteiger partial charge is 0.251 e. The number of nitrogens with one attached hydrogen (secondary N) is 3. The van der Waals surface area contributed by atoms with Gasteiger partial charge in [-0.3, -0.25) is 20.6 Å². The lowest BCUT2D eigenvalue weighted by Crippen LogP contribution is -2.25. The molecule has 1 fully saturated rings. The van der Waals surface area contributed by atoms with Crippen molar-refractivity contribution in [2.75, 3.05) is 0 Å². The molecule has 1 aliphatic carbocycles. The van der Waals surface area contributed by atoms with Gasteiger partial charge in [0.05, 0.1) is 5.69 Å². The first kappa shape index (κ1) is 23.1. The number of benzene rings is 2. The summed E-state index contributed by atoms with van der Waals surface area (Å²) in [6, 6.07) is 16.2. The van der Waals surface area contributed by atoms with Crippen molar-refractivity contribution >= 4 is 28.6 Å². The van der Waals surface area contributed by atoms with Crippen LogP contribution in [0.5, 0.6) is 5.75 Å². The first-order valence-corrected chi connectivity index (χ1v) is 11.4. The van der Waals surface area contributed by atoms with Crippen LogP contribution in [-0.2, 0) is 11.2 Å². The maximum Gasteiger partial charge on any atom is 0.251 e. The fourth-order valence-electron chi connectivity index (χ4n) is 3.77. The van der Waals surface area contributed by atoms with Crippen molar-refractivity contribution in [1.29, 1.82) is 10.8 Å². The molecule has 4 aromatic rings. The van der Waals surface area contributed by atoms with Gasteiger partial charge in [0.15, 0.2) is 17.3 Å². The van der Waals surface area contributed by atoms with Gasteiger partial charge < -0.3 is 15.2 Å². The molecule has 36 heavy (non-hydrogen) atoms. The van der Waals surface area contributed by atoms with Gasteiger partial charge in [-0.15, -0.1) is 0 Å². The van der Waals surface area contributed by atoms with E-state index in [1.54, 1.807) is 36.4 Å². The first-order chi connectivity index (χ1) is 17.4. The Morgan fingerprint density at radius 1 is 1.08 bits per heavy atom. The summed E-state index contributed by atoms with van der Waals surface area (Å²) in [6.07, 6.45) is 3.55. The van der Waals surface area contributed by atoms with Crippen molar-refractivity contribution < 1.29 is 19.0 Å². The van der Waals surface area contributed by atoms with Crippen LogP contribution < -0.4 is 5.32 Å². The number of hydrogen-bond donors (Lipinski definition) is 4. The molecule has 0 radical (unpaired) electrons. The second-order valence-corrected chi connectivity index (χ2v) is 8.54. The summed E-state index contributed by atoms with van der Waals surface area (Å²) >= 11 is 0. The predicted octanol–water partition coefficient (Wildman–Crippen LogP) is 4.60. The number of hydrogen-bond acceptors (Lipinski definition) is 7. The molecule has 9 heteroatoms. The minimum absolute atomic E-state index is 0.0342. The average molecular weight is 484 g/mol. The number of carbonyl (C=O) groups is 1. The maximum atomic E-state index is 13.1. The lowest BCUT2D eigenvalue weighted by atomic mass is 10.0. The highest BCUT2D eigenvalue weighted by atomic mass is 19.1. The van der Waals surface area contributed by atoms with Crippen LogP contribution in [0.25, 0.3) is 22.2 Å². The summed E-state index contributed by atoms with van der Waals surface area (Å²) in [5, 5.41) is 30.8. The minimum Gasteiger partial charge on any atom is -0.504 e. The third kappa shape index (κ3) is 4.90. The Hall–Kier alpha value is -4.66. The quantitative estimate of drug-likeness (QED) is 0.235. The van der Waals surface area contributed by atoms with E-state index in [0.717, 1.165) is 12.8 Å². The van der Waals surface area contributed by atoms with Crippen LogP contribution in [0.4, 0.5) is 4.39 Å². The number of fused-ring (bicyclic) bond motifs is 1. The van der Waals surface area contributed by atoms with E-state index >= 15 is 0 Å². The summed E-state index contributed by atoms with van der Waals surface area (Å²) in [5.41, 5.74) is 2.32. The summed E-state index contributed by atoms with van der Waals surface area (Å²) in [5.74, 6) is -1.64. The Morgan fingerprint density at radius 2 is 1.81 bits per heavy atom. The minimum atomic E-state index is -0.520. The molecule has 0 saturated heterocycles. The molecule has 2 aromatic carbocycles. The molecule has 2 aromatic heterocycles. The Kier molecular flexibility index (Phi) is 6.12. The van der Waals surface area contributed by atoms with Crippen molar-refractivity contribution in [3.8, 4) is 17.0 Å². The lowest BCUT2D eigenvalue weighted by Gasteiger charge is -2.13. The number of pyridine rings is 2. The zero-order chi connectivity index (χ0) is 25.2. The van der Waals surface area contributed by atoms with E-state index in [1.807, 2.05) is 0 Å². The molecule has 0 atom stereocenters. The van der Waals surface area contributed by atoms with Crippen LogP contribution in [0.1, 0.15) is 34.5 Å². The lowest BCUT2D eigenvalue weighted by molar-refractivity contribution is 0.0951. The monoisotopic (exact) mass is 483 g/mol. The standard InChI is InChI=1S/C27H22FN5O3/c28-18-9-3-15(4-10-18)14-21(29)36-26(30)24-25(34)23-20(2-1-13-31-23)22(33-24)16-5-7-17(8-6-16)27(35)32-19-11-12-19/h1-10,13,19,29-30,34H,11-12,14H2,(H,32,35). The van der Waals surface area contributed by atoms with Crippen molar-refractivity contribution in [3.05, 3.63) is 89.5 Å². The molecule has 8 nitrogen and oxygen atoms in total. The Bertz CT molecular complexity index is 1480. The molecule has 2 heterocycles. The van der Waals surface area contributed by atoms with Crippen molar-refractivity contribution in [2.45, 2.75) is 25.3 Å². The van der Waals surface area contributed by atoms with Gasteiger partial charge >= 0.3 is 0 Å². The van der Waals surface area contributed by atoms with Gasteiger partial charge in [-0.1, -0.05) is 24.3 Å². The van der Waals surface area contributed by atoms with Crippen LogP contribution >= 0.6 is 0 Å². The average Bonchev–Trinajstić information content (AvgIpc) is 3.70. The van der Waals surface area contributed by atoms with E-state index in [1.165, 1.54) is 30.5 Å². The van der Waals surface area contributed by atoms with Crippen LogP contribution in [0.2, 0.25) is 0 Å². The number of halogens is 1. The summed E-state index contributed by atoms with van der Waals surface area (Å²) in [4.78, 5) is 21.1. The highest BCUT2D eigenvalue weighted by Gasteiger charge is 2.24. The number of aromatic nitrogens is 2.